The molecule has 2 heterocycles. The van der Waals surface area contributed by atoms with Crippen molar-refractivity contribution in [2.45, 2.75) is 46.2 Å². The summed E-state index contributed by atoms with van der Waals surface area (Å²) in [5.41, 5.74) is 0. The molecule has 1 aliphatic heterocycles. The lowest BCUT2D eigenvalue weighted by Gasteiger charge is -2.32. The molecule has 0 amide bonds. The van der Waals surface area contributed by atoms with Crippen LogP contribution in [0.5, 0.6) is 0 Å². The molecular formula is C13H24N4O. The third-order valence-corrected chi connectivity index (χ3v) is 3.35. The van der Waals surface area contributed by atoms with Gasteiger partial charge in [0.2, 0.25) is 5.89 Å². The van der Waals surface area contributed by atoms with Crippen LogP contribution in [0.1, 0.15) is 38.4 Å². The zero-order valence-corrected chi connectivity index (χ0v) is 11.6. The molecule has 1 saturated heterocycles. The fourth-order valence-corrected chi connectivity index (χ4v) is 2.46. The Morgan fingerprint density at radius 1 is 1.50 bits per heavy atom. The number of hydrogen-bond acceptors (Lipinski definition) is 5. The molecular weight excluding hydrogens is 228 g/mol. The summed E-state index contributed by atoms with van der Waals surface area (Å²) in [5.74, 6) is 2.20. The second kappa shape index (κ2) is 6.29. The Kier molecular flexibility index (Phi) is 4.72. The van der Waals surface area contributed by atoms with Crippen LogP contribution in [0.4, 0.5) is 0 Å². The van der Waals surface area contributed by atoms with Gasteiger partial charge >= 0.3 is 0 Å². The lowest BCUT2D eigenvalue weighted by atomic mass is 9.98. The third kappa shape index (κ3) is 4.07. The molecule has 1 aliphatic rings. The smallest absolute Gasteiger partial charge is 0.240 e. The monoisotopic (exact) mass is 252 g/mol. The van der Waals surface area contributed by atoms with Gasteiger partial charge in [0.25, 0.3) is 0 Å². The predicted octanol–water partition coefficient (Wildman–Crippen LogP) is 1.59. The van der Waals surface area contributed by atoms with Crippen LogP contribution in [0.2, 0.25) is 0 Å². The van der Waals surface area contributed by atoms with Crippen molar-refractivity contribution in [1.29, 1.82) is 0 Å². The van der Waals surface area contributed by atoms with E-state index in [4.69, 9.17) is 4.52 Å². The minimum Gasteiger partial charge on any atom is -0.338 e. The number of hydrogen-bond donors (Lipinski definition) is 1. The molecule has 5 nitrogen and oxygen atoms in total. The van der Waals surface area contributed by atoms with E-state index < -0.39 is 0 Å². The highest BCUT2D eigenvalue weighted by atomic mass is 16.5. The maximum Gasteiger partial charge on any atom is 0.240 e. The Morgan fingerprint density at radius 3 is 3.00 bits per heavy atom. The summed E-state index contributed by atoms with van der Waals surface area (Å²) >= 11 is 0. The second-order valence-corrected chi connectivity index (χ2v) is 5.54. The van der Waals surface area contributed by atoms with Gasteiger partial charge in [0, 0.05) is 12.6 Å². The number of aryl methyl sites for hydroxylation is 1. The summed E-state index contributed by atoms with van der Waals surface area (Å²) in [4.78, 5) is 6.69. The Hall–Kier alpha value is -0.940. The highest BCUT2D eigenvalue weighted by Crippen LogP contribution is 2.17. The lowest BCUT2D eigenvalue weighted by molar-refractivity contribution is 0.147. The van der Waals surface area contributed by atoms with Crippen molar-refractivity contribution >= 4 is 0 Å². The maximum absolute atomic E-state index is 5.18. The Bertz CT molecular complexity index is 364. The molecule has 102 valence electrons. The zero-order chi connectivity index (χ0) is 13.0. The summed E-state index contributed by atoms with van der Waals surface area (Å²) in [6, 6.07) is 0.568. The van der Waals surface area contributed by atoms with E-state index in [0.29, 0.717) is 6.04 Å². The van der Waals surface area contributed by atoms with E-state index in [0.717, 1.165) is 43.8 Å². The van der Waals surface area contributed by atoms with Gasteiger partial charge < -0.3 is 9.84 Å². The van der Waals surface area contributed by atoms with E-state index >= 15 is 0 Å². The summed E-state index contributed by atoms with van der Waals surface area (Å²) in [6.07, 6.45) is 2.58. The molecule has 1 atom stereocenters. The molecule has 1 N–H and O–H groups in total. The molecule has 18 heavy (non-hydrogen) atoms. The zero-order valence-electron chi connectivity index (χ0n) is 11.6. The molecule has 1 unspecified atom stereocenters. The van der Waals surface area contributed by atoms with E-state index in [1.165, 1.54) is 12.8 Å². The highest BCUT2D eigenvalue weighted by molar-refractivity contribution is 4.85. The third-order valence-electron chi connectivity index (χ3n) is 3.35. The topological polar surface area (TPSA) is 54.2 Å². The van der Waals surface area contributed by atoms with Crippen molar-refractivity contribution < 1.29 is 4.52 Å². The minimum absolute atomic E-state index is 0.568. The normalized spacial score (nSPS) is 21.7. The highest BCUT2D eigenvalue weighted by Gasteiger charge is 2.21. The van der Waals surface area contributed by atoms with Crippen molar-refractivity contribution in [1.82, 2.24) is 20.4 Å². The first-order valence-corrected chi connectivity index (χ1v) is 6.88. The number of nitrogens with one attached hydrogen (secondary N) is 1. The number of likely N-dealkylation sites (tertiary alicyclic amines) is 1. The number of rotatable bonds is 5. The average molecular weight is 252 g/mol. The molecule has 0 aliphatic carbocycles. The van der Waals surface area contributed by atoms with E-state index in [2.05, 4.69) is 34.2 Å². The molecule has 0 bridgehead atoms. The fourth-order valence-electron chi connectivity index (χ4n) is 2.46. The van der Waals surface area contributed by atoms with Crippen molar-refractivity contribution in [2.24, 2.45) is 5.92 Å². The van der Waals surface area contributed by atoms with Gasteiger partial charge in [-0.15, -0.1) is 0 Å². The number of piperidine rings is 1. The largest absolute Gasteiger partial charge is 0.338 e. The van der Waals surface area contributed by atoms with Crippen molar-refractivity contribution in [3.05, 3.63) is 11.7 Å². The summed E-state index contributed by atoms with van der Waals surface area (Å²) in [5, 5.41) is 7.36. The van der Waals surface area contributed by atoms with Crippen molar-refractivity contribution in [3.8, 4) is 0 Å². The Morgan fingerprint density at radius 2 is 2.33 bits per heavy atom. The van der Waals surface area contributed by atoms with Crippen molar-refractivity contribution in [2.75, 3.05) is 19.6 Å². The SMILES string of the molecule is Cc1noc(CN2CCCC(CNC(C)C)C2)n1. The molecule has 0 radical (unpaired) electrons. The summed E-state index contributed by atoms with van der Waals surface area (Å²) < 4.78 is 5.18. The molecule has 0 spiro atoms. The predicted molar refractivity (Wildman–Crippen MR) is 70.2 cm³/mol. The van der Waals surface area contributed by atoms with Gasteiger partial charge in [0.1, 0.15) is 0 Å². The molecule has 1 fully saturated rings. The molecule has 1 aromatic heterocycles. The standard InChI is InChI=1S/C13H24N4O/c1-10(2)14-7-12-5-4-6-17(8-12)9-13-15-11(3)16-18-13/h10,12,14H,4-9H2,1-3H3. The average Bonchev–Trinajstić information content (AvgIpc) is 2.73. The maximum atomic E-state index is 5.18. The van der Waals surface area contributed by atoms with Crippen LogP contribution in [0, 0.1) is 12.8 Å². The van der Waals surface area contributed by atoms with Gasteiger partial charge in [0.05, 0.1) is 6.54 Å². The van der Waals surface area contributed by atoms with Gasteiger partial charge in [-0.05, 0) is 38.8 Å². The fraction of sp³-hybridized carbons (Fsp3) is 0.846. The van der Waals surface area contributed by atoms with Crippen LogP contribution in [0.15, 0.2) is 4.52 Å². The first-order valence-electron chi connectivity index (χ1n) is 6.88. The number of nitrogens with zero attached hydrogens (tertiary/aromatic N) is 3. The van der Waals surface area contributed by atoms with E-state index in [1.807, 2.05) is 6.92 Å². The van der Waals surface area contributed by atoms with Gasteiger partial charge in [-0.3, -0.25) is 4.90 Å². The van der Waals surface area contributed by atoms with Gasteiger partial charge in [0.15, 0.2) is 5.82 Å². The van der Waals surface area contributed by atoms with Crippen molar-refractivity contribution in [3.63, 3.8) is 0 Å². The van der Waals surface area contributed by atoms with Crippen LogP contribution in [0.3, 0.4) is 0 Å². The molecule has 0 aromatic carbocycles. The Labute approximate surface area is 109 Å². The van der Waals surface area contributed by atoms with Crippen LogP contribution in [-0.2, 0) is 6.54 Å². The van der Waals surface area contributed by atoms with Gasteiger partial charge in [-0.2, -0.15) is 4.98 Å². The van der Waals surface area contributed by atoms with E-state index in [-0.39, 0.29) is 0 Å². The first kappa shape index (κ1) is 13.5. The van der Waals surface area contributed by atoms with Gasteiger partial charge in [-0.1, -0.05) is 19.0 Å². The molecule has 2 rings (SSSR count). The van der Waals surface area contributed by atoms with Gasteiger partial charge in [-0.25, -0.2) is 0 Å². The van der Waals surface area contributed by atoms with Crippen LogP contribution in [-0.4, -0.2) is 40.7 Å². The summed E-state index contributed by atoms with van der Waals surface area (Å²) in [6.45, 7) is 10.4. The van der Waals surface area contributed by atoms with Crippen LogP contribution >= 0.6 is 0 Å². The van der Waals surface area contributed by atoms with E-state index in [1.54, 1.807) is 0 Å². The molecule has 5 heteroatoms. The van der Waals surface area contributed by atoms with Crippen LogP contribution in [0.25, 0.3) is 0 Å². The molecule has 1 aromatic rings. The minimum atomic E-state index is 0.568. The molecule has 0 saturated carbocycles. The summed E-state index contributed by atoms with van der Waals surface area (Å²) in [7, 11) is 0. The van der Waals surface area contributed by atoms with Crippen LogP contribution < -0.4 is 5.32 Å². The second-order valence-electron chi connectivity index (χ2n) is 5.54. The first-order chi connectivity index (χ1) is 8.63. The van der Waals surface area contributed by atoms with E-state index in [9.17, 15) is 0 Å². The lowest BCUT2D eigenvalue weighted by Crippen LogP contribution is -2.40. The Balaban J connectivity index is 1.79. The quantitative estimate of drug-likeness (QED) is 0.862. The number of aromatic nitrogens is 2.